The van der Waals surface area contributed by atoms with Gasteiger partial charge in [0.1, 0.15) is 0 Å². The average molecular weight is 379 g/mol. The summed E-state index contributed by atoms with van der Waals surface area (Å²) in [5.74, 6) is 0.756. The van der Waals surface area contributed by atoms with Gasteiger partial charge in [0, 0.05) is 15.0 Å². The zero-order chi connectivity index (χ0) is 12.8. The topological polar surface area (TPSA) is 9.23 Å². The number of hydrogen-bond acceptors (Lipinski definition) is 1. The molecule has 18 heavy (non-hydrogen) atoms. The van der Waals surface area contributed by atoms with E-state index in [4.69, 9.17) is 16.3 Å². The number of halogens is 2. The van der Waals surface area contributed by atoms with E-state index in [9.17, 15) is 0 Å². The Bertz CT molecular complexity index is 363. The largest absolute Gasteiger partial charge is 0.372 e. The molecule has 0 saturated heterocycles. The molecule has 0 amide bonds. The molecule has 0 heterocycles. The molecule has 1 aromatic rings. The van der Waals surface area contributed by atoms with E-state index in [1.165, 1.54) is 32.1 Å². The first kappa shape index (κ1) is 14.6. The highest BCUT2D eigenvalue weighted by Crippen LogP contribution is 2.30. The highest BCUT2D eigenvalue weighted by molar-refractivity contribution is 14.1. The molecule has 1 aliphatic rings. The Morgan fingerprint density at radius 2 is 1.94 bits per heavy atom. The van der Waals surface area contributed by atoms with Crippen LogP contribution in [0.15, 0.2) is 24.3 Å². The van der Waals surface area contributed by atoms with Crippen LogP contribution >= 0.6 is 34.2 Å². The molecule has 0 bridgehead atoms. The lowest BCUT2D eigenvalue weighted by atomic mass is 9.90. The van der Waals surface area contributed by atoms with E-state index >= 15 is 0 Å². The fraction of sp³-hybridized carbons (Fsp3) is 0.600. The summed E-state index contributed by atoms with van der Waals surface area (Å²) in [6.07, 6.45) is 6.94. The highest BCUT2D eigenvalue weighted by atomic mass is 127. The van der Waals surface area contributed by atoms with Crippen LogP contribution in [0.5, 0.6) is 0 Å². The smallest absolute Gasteiger partial charge is 0.0928 e. The molecule has 0 aliphatic heterocycles. The lowest BCUT2D eigenvalue weighted by Gasteiger charge is -2.24. The normalized spacial score (nSPS) is 18.8. The Morgan fingerprint density at radius 3 is 2.61 bits per heavy atom. The van der Waals surface area contributed by atoms with E-state index in [0.29, 0.717) is 0 Å². The molecule has 1 saturated carbocycles. The van der Waals surface area contributed by atoms with Gasteiger partial charge in [0.15, 0.2) is 0 Å². The van der Waals surface area contributed by atoms with Crippen LogP contribution in [0.4, 0.5) is 0 Å². The van der Waals surface area contributed by atoms with Crippen molar-refractivity contribution in [2.75, 3.05) is 11.0 Å². The van der Waals surface area contributed by atoms with Crippen molar-refractivity contribution < 1.29 is 4.74 Å². The molecular weight excluding hydrogens is 359 g/mol. The zero-order valence-corrected chi connectivity index (χ0v) is 13.5. The summed E-state index contributed by atoms with van der Waals surface area (Å²) >= 11 is 8.62. The van der Waals surface area contributed by atoms with Crippen molar-refractivity contribution in [1.29, 1.82) is 0 Å². The van der Waals surface area contributed by atoms with E-state index in [0.717, 1.165) is 27.5 Å². The molecule has 0 N–H and O–H groups in total. The molecule has 0 radical (unpaired) electrons. The maximum absolute atomic E-state index is 6.24. The van der Waals surface area contributed by atoms with Gasteiger partial charge in [-0.3, -0.25) is 0 Å². The molecule has 1 nitrogen and oxygen atoms in total. The van der Waals surface area contributed by atoms with Gasteiger partial charge >= 0.3 is 0 Å². The second kappa shape index (κ2) is 7.71. The molecule has 100 valence electrons. The van der Waals surface area contributed by atoms with E-state index in [1.807, 2.05) is 18.2 Å². The van der Waals surface area contributed by atoms with Crippen molar-refractivity contribution >= 4 is 34.2 Å². The second-order valence-electron chi connectivity index (χ2n) is 5.00. The summed E-state index contributed by atoms with van der Waals surface area (Å²) in [6.45, 7) is 0.888. The third-order valence-electron chi connectivity index (χ3n) is 3.65. The van der Waals surface area contributed by atoms with E-state index < -0.39 is 0 Å². The molecule has 1 fully saturated rings. The lowest BCUT2D eigenvalue weighted by molar-refractivity contribution is 0.0345. The van der Waals surface area contributed by atoms with Gasteiger partial charge in [-0.05, 0) is 24.8 Å². The standard InChI is InChI=1S/C15H20ClIO/c16-14-9-5-4-8-13(14)15(10-17)18-11-12-6-2-1-3-7-12/h4-5,8-9,12,15H,1-3,6-7,10-11H2. The van der Waals surface area contributed by atoms with Crippen LogP contribution in [-0.2, 0) is 4.74 Å². The van der Waals surface area contributed by atoms with Crippen LogP contribution in [-0.4, -0.2) is 11.0 Å². The monoisotopic (exact) mass is 378 g/mol. The lowest BCUT2D eigenvalue weighted by Crippen LogP contribution is -2.16. The SMILES string of the molecule is Clc1ccccc1C(CI)OCC1CCCCC1. The Balaban J connectivity index is 1.91. The minimum atomic E-state index is 0.140. The maximum atomic E-state index is 6.24. The first-order chi connectivity index (χ1) is 8.81. The van der Waals surface area contributed by atoms with Gasteiger partial charge in [0.2, 0.25) is 0 Å². The van der Waals surface area contributed by atoms with Crippen molar-refractivity contribution in [1.82, 2.24) is 0 Å². The van der Waals surface area contributed by atoms with E-state index in [-0.39, 0.29) is 6.10 Å². The predicted molar refractivity (Wildman–Crippen MR) is 85.6 cm³/mol. The Morgan fingerprint density at radius 1 is 1.22 bits per heavy atom. The molecule has 1 atom stereocenters. The van der Waals surface area contributed by atoms with Gasteiger partial charge in [-0.25, -0.2) is 0 Å². The summed E-state index contributed by atoms with van der Waals surface area (Å²) < 4.78 is 7.06. The Kier molecular flexibility index (Phi) is 6.25. The van der Waals surface area contributed by atoms with E-state index in [2.05, 4.69) is 28.7 Å². The quantitative estimate of drug-likeness (QED) is 0.491. The Hall–Kier alpha value is 0.200. The predicted octanol–water partition coefficient (Wildman–Crippen LogP) is 5.41. The van der Waals surface area contributed by atoms with E-state index in [1.54, 1.807) is 0 Å². The van der Waals surface area contributed by atoms with Crippen molar-refractivity contribution in [2.24, 2.45) is 5.92 Å². The number of hydrogen-bond donors (Lipinski definition) is 0. The molecule has 0 spiro atoms. The minimum absolute atomic E-state index is 0.140. The minimum Gasteiger partial charge on any atom is -0.372 e. The van der Waals surface area contributed by atoms with Crippen molar-refractivity contribution in [3.05, 3.63) is 34.9 Å². The van der Waals surface area contributed by atoms with Crippen molar-refractivity contribution in [2.45, 2.75) is 38.2 Å². The van der Waals surface area contributed by atoms with Crippen LogP contribution in [0.2, 0.25) is 5.02 Å². The highest BCUT2D eigenvalue weighted by Gasteiger charge is 2.18. The fourth-order valence-corrected chi connectivity index (χ4v) is 3.55. The summed E-state index contributed by atoms with van der Waals surface area (Å²) in [6, 6.07) is 8.02. The van der Waals surface area contributed by atoms with Gasteiger partial charge in [0.05, 0.1) is 12.7 Å². The molecule has 1 aromatic carbocycles. The number of benzene rings is 1. The second-order valence-corrected chi connectivity index (χ2v) is 6.29. The number of rotatable bonds is 5. The first-order valence-corrected chi connectivity index (χ1v) is 8.63. The fourth-order valence-electron chi connectivity index (χ4n) is 2.56. The summed E-state index contributed by atoms with van der Waals surface area (Å²) in [4.78, 5) is 0. The average Bonchev–Trinajstić information content (AvgIpc) is 2.42. The van der Waals surface area contributed by atoms with Crippen molar-refractivity contribution in [3.63, 3.8) is 0 Å². The summed E-state index contributed by atoms with van der Waals surface area (Å²) in [5.41, 5.74) is 1.13. The number of alkyl halides is 1. The van der Waals surface area contributed by atoms with Crippen LogP contribution < -0.4 is 0 Å². The maximum Gasteiger partial charge on any atom is 0.0928 e. The van der Waals surface area contributed by atoms with Gasteiger partial charge < -0.3 is 4.74 Å². The molecule has 3 heteroatoms. The summed E-state index contributed by atoms with van der Waals surface area (Å²) in [5, 5.41) is 0.822. The Labute approximate surface area is 128 Å². The molecule has 1 unspecified atom stereocenters. The summed E-state index contributed by atoms with van der Waals surface area (Å²) in [7, 11) is 0. The molecule has 1 aliphatic carbocycles. The third kappa shape index (κ3) is 4.10. The molecular formula is C15H20ClIO. The van der Waals surface area contributed by atoms with Gasteiger partial charge in [-0.15, -0.1) is 0 Å². The third-order valence-corrected chi connectivity index (χ3v) is 4.79. The van der Waals surface area contributed by atoms with Crippen LogP contribution in [0, 0.1) is 5.92 Å². The first-order valence-electron chi connectivity index (χ1n) is 6.73. The van der Waals surface area contributed by atoms with Crippen LogP contribution in [0.1, 0.15) is 43.8 Å². The van der Waals surface area contributed by atoms with Crippen LogP contribution in [0.25, 0.3) is 0 Å². The number of ether oxygens (including phenoxy) is 1. The van der Waals surface area contributed by atoms with Crippen molar-refractivity contribution in [3.8, 4) is 0 Å². The van der Waals surface area contributed by atoms with Gasteiger partial charge in [-0.2, -0.15) is 0 Å². The van der Waals surface area contributed by atoms with Crippen LogP contribution in [0.3, 0.4) is 0 Å². The van der Waals surface area contributed by atoms with Gasteiger partial charge in [-0.1, -0.05) is 71.7 Å². The molecule has 0 aromatic heterocycles. The zero-order valence-electron chi connectivity index (χ0n) is 10.6. The van der Waals surface area contributed by atoms with Gasteiger partial charge in [0.25, 0.3) is 0 Å². The molecule has 2 rings (SSSR count).